The molecule has 3 N–H and O–H groups in total. The summed E-state index contributed by atoms with van der Waals surface area (Å²) in [6.07, 6.45) is 1.29. The number of carbonyl (C=O) groups is 1. The summed E-state index contributed by atoms with van der Waals surface area (Å²) in [7, 11) is 0. The quantitative estimate of drug-likeness (QED) is 0.395. The number of para-hydroxylation sites is 1. The highest BCUT2D eigenvalue weighted by Crippen LogP contribution is 2.22. The molecule has 3 aromatic rings. The third kappa shape index (κ3) is 5.11. The standard InChI is InChI=1S/C21H17BrN2O4/c22-16-5-3-4-14(10-16)13-28-20-7-2-1-6-18(20)21(27)24-23-12-15-8-9-17(25)11-19(15)26/h1-12,25-26H,13H2,(H,24,27). The van der Waals surface area contributed by atoms with Crippen molar-refractivity contribution < 1.29 is 19.7 Å². The van der Waals surface area contributed by atoms with Crippen LogP contribution in [0.25, 0.3) is 0 Å². The number of amides is 1. The van der Waals surface area contributed by atoms with Crippen LogP contribution in [0.5, 0.6) is 17.2 Å². The summed E-state index contributed by atoms with van der Waals surface area (Å²) in [5.74, 6) is -0.215. The molecule has 0 aromatic heterocycles. The molecule has 0 unspecified atom stereocenters. The number of hydrogen-bond acceptors (Lipinski definition) is 5. The highest BCUT2D eigenvalue weighted by atomic mass is 79.9. The van der Waals surface area contributed by atoms with Crippen molar-refractivity contribution in [3.05, 3.63) is 87.9 Å². The largest absolute Gasteiger partial charge is 0.508 e. The Bertz CT molecular complexity index is 1020. The van der Waals surface area contributed by atoms with Crippen LogP contribution in [0.15, 0.2) is 76.3 Å². The fourth-order valence-corrected chi connectivity index (χ4v) is 2.88. The van der Waals surface area contributed by atoms with Gasteiger partial charge in [0.15, 0.2) is 0 Å². The summed E-state index contributed by atoms with van der Waals surface area (Å²) in [6, 6.07) is 18.7. The van der Waals surface area contributed by atoms with Gasteiger partial charge >= 0.3 is 0 Å². The Morgan fingerprint density at radius 1 is 1.07 bits per heavy atom. The van der Waals surface area contributed by atoms with Gasteiger partial charge in [-0.15, -0.1) is 0 Å². The van der Waals surface area contributed by atoms with Crippen molar-refractivity contribution in [1.29, 1.82) is 0 Å². The Kier molecular flexibility index (Phi) is 6.29. The number of carbonyl (C=O) groups excluding carboxylic acids is 1. The zero-order chi connectivity index (χ0) is 19.9. The molecule has 0 spiro atoms. The third-order valence-electron chi connectivity index (χ3n) is 3.80. The van der Waals surface area contributed by atoms with Crippen LogP contribution in [0.1, 0.15) is 21.5 Å². The summed E-state index contributed by atoms with van der Waals surface area (Å²) < 4.78 is 6.75. The zero-order valence-electron chi connectivity index (χ0n) is 14.7. The second-order valence-electron chi connectivity index (χ2n) is 5.86. The number of rotatable bonds is 6. The molecule has 3 rings (SSSR count). The number of ether oxygens (including phenoxy) is 1. The molecule has 0 bridgehead atoms. The zero-order valence-corrected chi connectivity index (χ0v) is 16.3. The molecule has 0 aliphatic rings. The fourth-order valence-electron chi connectivity index (χ4n) is 2.43. The van der Waals surface area contributed by atoms with Gasteiger partial charge in [0.2, 0.25) is 0 Å². The van der Waals surface area contributed by atoms with Crippen LogP contribution in [0, 0.1) is 0 Å². The first-order valence-electron chi connectivity index (χ1n) is 8.34. The van der Waals surface area contributed by atoms with E-state index in [1.54, 1.807) is 24.3 Å². The normalized spacial score (nSPS) is 10.8. The van der Waals surface area contributed by atoms with E-state index in [4.69, 9.17) is 4.74 Å². The van der Waals surface area contributed by atoms with Gasteiger partial charge in [0, 0.05) is 16.1 Å². The maximum Gasteiger partial charge on any atom is 0.275 e. The van der Waals surface area contributed by atoms with E-state index in [1.807, 2.05) is 24.3 Å². The van der Waals surface area contributed by atoms with Gasteiger partial charge in [-0.2, -0.15) is 5.10 Å². The maximum atomic E-state index is 12.4. The number of halogens is 1. The first kappa shape index (κ1) is 19.4. The molecule has 0 fully saturated rings. The van der Waals surface area contributed by atoms with Gasteiger partial charge < -0.3 is 14.9 Å². The Morgan fingerprint density at radius 2 is 1.89 bits per heavy atom. The van der Waals surface area contributed by atoms with Crippen molar-refractivity contribution in [1.82, 2.24) is 5.43 Å². The van der Waals surface area contributed by atoms with Crippen LogP contribution in [0.3, 0.4) is 0 Å². The van der Waals surface area contributed by atoms with Crippen LogP contribution in [-0.2, 0) is 6.61 Å². The number of benzene rings is 3. The molecule has 0 heterocycles. The summed E-state index contributed by atoms with van der Waals surface area (Å²) in [5, 5.41) is 22.9. The Labute approximate surface area is 170 Å². The molecule has 0 saturated carbocycles. The first-order valence-corrected chi connectivity index (χ1v) is 9.14. The predicted octanol–water partition coefficient (Wildman–Crippen LogP) is 4.20. The lowest BCUT2D eigenvalue weighted by Gasteiger charge is -2.10. The molecule has 0 aliphatic heterocycles. The number of hydrogen-bond donors (Lipinski definition) is 3. The van der Waals surface area contributed by atoms with E-state index in [0.717, 1.165) is 10.0 Å². The van der Waals surface area contributed by atoms with Crippen LogP contribution in [0.4, 0.5) is 0 Å². The van der Waals surface area contributed by atoms with Crippen molar-refractivity contribution in [2.45, 2.75) is 6.61 Å². The average molecular weight is 441 g/mol. The number of nitrogens with zero attached hydrogens (tertiary/aromatic N) is 1. The molecular weight excluding hydrogens is 424 g/mol. The summed E-state index contributed by atoms with van der Waals surface area (Å²) in [6.45, 7) is 0.314. The molecular formula is C21H17BrN2O4. The van der Waals surface area contributed by atoms with Gasteiger partial charge in [-0.3, -0.25) is 4.79 Å². The van der Waals surface area contributed by atoms with Gasteiger partial charge in [0.25, 0.3) is 5.91 Å². The molecule has 0 atom stereocenters. The van der Waals surface area contributed by atoms with E-state index in [-0.39, 0.29) is 11.5 Å². The van der Waals surface area contributed by atoms with Crippen molar-refractivity contribution in [3.8, 4) is 17.2 Å². The highest BCUT2D eigenvalue weighted by Gasteiger charge is 2.11. The Balaban J connectivity index is 1.67. The number of aromatic hydroxyl groups is 2. The average Bonchev–Trinajstić information content (AvgIpc) is 2.68. The van der Waals surface area contributed by atoms with Gasteiger partial charge in [0.1, 0.15) is 23.9 Å². The molecule has 3 aromatic carbocycles. The minimum atomic E-state index is -0.445. The van der Waals surface area contributed by atoms with Crippen LogP contribution < -0.4 is 10.2 Å². The second kappa shape index (κ2) is 9.05. The van der Waals surface area contributed by atoms with E-state index < -0.39 is 5.91 Å². The van der Waals surface area contributed by atoms with E-state index >= 15 is 0 Å². The van der Waals surface area contributed by atoms with Crippen LogP contribution >= 0.6 is 15.9 Å². The van der Waals surface area contributed by atoms with Gasteiger partial charge in [-0.05, 0) is 42.0 Å². The van der Waals surface area contributed by atoms with E-state index in [2.05, 4.69) is 26.5 Å². The van der Waals surface area contributed by atoms with Crippen molar-refractivity contribution in [3.63, 3.8) is 0 Å². The molecule has 7 heteroatoms. The molecule has 0 saturated heterocycles. The molecule has 0 radical (unpaired) electrons. The minimum absolute atomic E-state index is 0.0600. The highest BCUT2D eigenvalue weighted by molar-refractivity contribution is 9.10. The van der Waals surface area contributed by atoms with Crippen molar-refractivity contribution in [2.75, 3.05) is 0 Å². The van der Waals surface area contributed by atoms with E-state index in [9.17, 15) is 15.0 Å². The number of phenols is 2. The number of phenolic OH excluding ortho intramolecular Hbond substituents is 2. The number of nitrogens with one attached hydrogen (secondary N) is 1. The smallest absolute Gasteiger partial charge is 0.275 e. The molecule has 142 valence electrons. The first-order chi connectivity index (χ1) is 13.5. The lowest BCUT2D eigenvalue weighted by molar-refractivity contribution is 0.0950. The molecule has 1 amide bonds. The van der Waals surface area contributed by atoms with Crippen molar-refractivity contribution >= 4 is 28.1 Å². The van der Waals surface area contributed by atoms with Gasteiger partial charge in [-0.25, -0.2) is 5.43 Å². The SMILES string of the molecule is O=C(NN=Cc1ccc(O)cc1O)c1ccccc1OCc1cccc(Br)c1. The van der Waals surface area contributed by atoms with E-state index in [0.29, 0.717) is 23.5 Å². The third-order valence-corrected chi connectivity index (χ3v) is 4.29. The summed E-state index contributed by atoms with van der Waals surface area (Å²) in [5.41, 5.74) is 4.07. The molecule has 28 heavy (non-hydrogen) atoms. The fraction of sp³-hybridized carbons (Fsp3) is 0.0476. The molecule has 6 nitrogen and oxygen atoms in total. The lowest BCUT2D eigenvalue weighted by Crippen LogP contribution is -2.18. The lowest BCUT2D eigenvalue weighted by atomic mass is 10.2. The van der Waals surface area contributed by atoms with Crippen LogP contribution in [0.2, 0.25) is 0 Å². The Morgan fingerprint density at radius 3 is 2.68 bits per heavy atom. The van der Waals surface area contributed by atoms with E-state index in [1.165, 1.54) is 24.4 Å². The second-order valence-corrected chi connectivity index (χ2v) is 6.77. The van der Waals surface area contributed by atoms with Gasteiger partial charge in [0.05, 0.1) is 11.8 Å². The maximum absolute atomic E-state index is 12.4. The van der Waals surface area contributed by atoms with Crippen molar-refractivity contribution in [2.24, 2.45) is 5.10 Å². The Hall–Kier alpha value is -3.32. The topological polar surface area (TPSA) is 91.2 Å². The predicted molar refractivity (Wildman–Crippen MR) is 110 cm³/mol. The van der Waals surface area contributed by atoms with Gasteiger partial charge in [-0.1, -0.05) is 40.2 Å². The summed E-state index contributed by atoms with van der Waals surface area (Å²) in [4.78, 5) is 12.4. The number of hydrazone groups is 1. The van der Waals surface area contributed by atoms with Crippen LogP contribution in [-0.4, -0.2) is 22.3 Å². The minimum Gasteiger partial charge on any atom is -0.508 e. The monoisotopic (exact) mass is 440 g/mol. The molecule has 0 aliphatic carbocycles. The summed E-state index contributed by atoms with van der Waals surface area (Å²) >= 11 is 3.42.